The number of aromatic nitrogens is 2. The molecule has 0 aromatic carbocycles. The van der Waals surface area contributed by atoms with Crippen molar-refractivity contribution in [2.75, 3.05) is 11.9 Å². The lowest BCUT2D eigenvalue weighted by Crippen LogP contribution is -2.25. The highest BCUT2D eigenvalue weighted by atomic mass is 79.9. The van der Waals surface area contributed by atoms with E-state index in [0.717, 1.165) is 5.33 Å². The molecule has 5 heteroatoms. The summed E-state index contributed by atoms with van der Waals surface area (Å²) in [5.41, 5.74) is 0.485. The predicted octanol–water partition coefficient (Wildman–Crippen LogP) is 0.601. The van der Waals surface area contributed by atoms with Crippen LogP contribution in [0.1, 0.15) is 10.4 Å². The summed E-state index contributed by atoms with van der Waals surface area (Å²) in [5, 5.41) is 3.43. The molecule has 1 aromatic heterocycles. The van der Waals surface area contributed by atoms with Gasteiger partial charge in [0, 0.05) is 24.3 Å². The van der Waals surface area contributed by atoms with Crippen LogP contribution in [0.5, 0.6) is 0 Å². The lowest BCUT2D eigenvalue weighted by molar-refractivity contribution is 0.0955. The van der Waals surface area contributed by atoms with E-state index in [1.54, 1.807) is 0 Å². The van der Waals surface area contributed by atoms with Crippen molar-refractivity contribution in [3.63, 3.8) is 0 Å². The van der Waals surface area contributed by atoms with Crippen LogP contribution in [0.4, 0.5) is 0 Å². The van der Waals surface area contributed by atoms with Crippen LogP contribution in [-0.4, -0.2) is 27.7 Å². The van der Waals surface area contributed by atoms with Gasteiger partial charge in [0.2, 0.25) is 0 Å². The van der Waals surface area contributed by atoms with E-state index in [-0.39, 0.29) is 5.91 Å². The first-order valence-corrected chi connectivity index (χ1v) is 4.56. The van der Waals surface area contributed by atoms with Gasteiger partial charge in [-0.15, -0.1) is 0 Å². The van der Waals surface area contributed by atoms with Gasteiger partial charge < -0.3 is 5.32 Å². The number of hydrogen-bond donors (Lipinski definition) is 1. The maximum Gasteiger partial charge on any atom is 0.254 e. The molecule has 0 aliphatic carbocycles. The number of nitrogens with one attached hydrogen (secondary N) is 1. The molecule has 64 valence electrons. The fraction of sp³-hybridized carbons (Fsp3) is 0.286. The van der Waals surface area contributed by atoms with E-state index in [9.17, 15) is 4.79 Å². The second-order valence-corrected chi connectivity index (χ2v) is 2.87. The average Bonchev–Trinajstić information content (AvgIpc) is 2.15. The van der Waals surface area contributed by atoms with Crippen LogP contribution >= 0.6 is 15.9 Å². The van der Waals surface area contributed by atoms with Gasteiger partial charge in [0.25, 0.3) is 5.91 Å². The van der Waals surface area contributed by atoms with E-state index in [2.05, 4.69) is 31.2 Å². The summed E-state index contributed by atoms with van der Waals surface area (Å²) in [6.45, 7) is 0.605. The molecule has 1 aromatic rings. The lowest BCUT2D eigenvalue weighted by atomic mass is 10.3. The van der Waals surface area contributed by atoms with Crippen molar-refractivity contribution in [1.29, 1.82) is 0 Å². The molecule has 1 N–H and O–H groups in total. The Kier molecular flexibility index (Phi) is 3.66. The number of carbonyl (C=O) groups excluding carboxylic acids is 1. The van der Waals surface area contributed by atoms with E-state index in [1.165, 1.54) is 18.7 Å². The van der Waals surface area contributed by atoms with Crippen molar-refractivity contribution in [3.8, 4) is 0 Å². The molecule has 0 saturated heterocycles. The number of hydrogen-bond acceptors (Lipinski definition) is 3. The first-order valence-electron chi connectivity index (χ1n) is 3.44. The van der Waals surface area contributed by atoms with Crippen LogP contribution in [0.25, 0.3) is 0 Å². The van der Waals surface area contributed by atoms with Crippen LogP contribution in [0.3, 0.4) is 0 Å². The molecule has 1 amide bonds. The zero-order valence-corrected chi connectivity index (χ0v) is 7.91. The van der Waals surface area contributed by atoms with Crippen LogP contribution in [0, 0.1) is 0 Å². The summed E-state index contributed by atoms with van der Waals surface area (Å²) in [6.07, 6.45) is 4.36. The second kappa shape index (κ2) is 4.82. The maximum atomic E-state index is 11.2. The molecular weight excluding hydrogens is 222 g/mol. The standard InChI is InChI=1S/C7H8BrN3O/c8-1-2-11-7(12)6-3-9-5-10-4-6/h3-5H,1-2H2,(H,11,12). The van der Waals surface area contributed by atoms with E-state index in [0.29, 0.717) is 12.1 Å². The third-order valence-electron chi connectivity index (χ3n) is 1.20. The molecule has 12 heavy (non-hydrogen) atoms. The van der Waals surface area contributed by atoms with Gasteiger partial charge in [0.15, 0.2) is 0 Å². The van der Waals surface area contributed by atoms with Crippen molar-refractivity contribution < 1.29 is 4.79 Å². The normalized spacial score (nSPS) is 9.42. The number of rotatable bonds is 3. The van der Waals surface area contributed by atoms with Gasteiger partial charge in [-0.05, 0) is 0 Å². The van der Waals surface area contributed by atoms with Crippen molar-refractivity contribution in [2.24, 2.45) is 0 Å². The molecule has 4 nitrogen and oxygen atoms in total. The fourth-order valence-corrected chi connectivity index (χ4v) is 0.877. The minimum atomic E-state index is -0.143. The Hall–Kier alpha value is -0.970. The number of nitrogens with zero attached hydrogens (tertiary/aromatic N) is 2. The van der Waals surface area contributed by atoms with E-state index in [4.69, 9.17) is 0 Å². The second-order valence-electron chi connectivity index (χ2n) is 2.07. The van der Waals surface area contributed by atoms with Crippen LogP contribution in [0.2, 0.25) is 0 Å². The summed E-state index contributed by atoms with van der Waals surface area (Å²) >= 11 is 3.20. The third kappa shape index (κ3) is 2.58. The van der Waals surface area contributed by atoms with Gasteiger partial charge in [-0.3, -0.25) is 4.79 Å². The minimum Gasteiger partial charge on any atom is -0.351 e. The Morgan fingerprint density at radius 2 is 2.17 bits per heavy atom. The van der Waals surface area contributed by atoms with Gasteiger partial charge in [-0.1, -0.05) is 15.9 Å². The zero-order chi connectivity index (χ0) is 8.81. The molecular formula is C7H8BrN3O. The van der Waals surface area contributed by atoms with Gasteiger partial charge in [-0.25, -0.2) is 9.97 Å². The van der Waals surface area contributed by atoms with E-state index in [1.807, 2.05) is 0 Å². The Bertz CT molecular complexity index is 252. The molecule has 1 rings (SSSR count). The zero-order valence-electron chi connectivity index (χ0n) is 6.33. The number of halogens is 1. The van der Waals surface area contributed by atoms with E-state index < -0.39 is 0 Å². The number of alkyl halides is 1. The Morgan fingerprint density at radius 3 is 2.75 bits per heavy atom. The minimum absolute atomic E-state index is 0.143. The summed E-state index contributed by atoms with van der Waals surface area (Å²) in [5.74, 6) is -0.143. The maximum absolute atomic E-state index is 11.2. The summed E-state index contributed by atoms with van der Waals surface area (Å²) in [4.78, 5) is 18.7. The smallest absolute Gasteiger partial charge is 0.254 e. The van der Waals surface area contributed by atoms with Crippen LogP contribution in [-0.2, 0) is 0 Å². The van der Waals surface area contributed by atoms with Gasteiger partial charge in [0.1, 0.15) is 6.33 Å². The first-order chi connectivity index (χ1) is 5.84. The highest BCUT2D eigenvalue weighted by Crippen LogP contribution is 1.91. The highest BCUT2D eigenvalue weighted by molar-refractivity contribution is 9.09. The average molecular weight is 230 g/mol. The first kappa shape index (κ1) is 9.12. The van der Waals surface area contributed by atoms with Crippen molar-refractivity contribution in [1.82, 2.24) is 15.3 Å². The van der Waals surface area contributed by atoms with Crippen LogP contribution in [0.15, 0.2) is 18.7 Å². The highest BCUT2D eigenvalue weighted by Gasteiger charge is 2.02. The van der Waals surface area contributed by atoms with Crippen molar-refractivity contribution >= 4 is 21.8 Å². The molecule has 0 bridgehead atoms. The van der Waals surface area contributed by atoms with Crippen molar-refractivity contribution in [2.45, 2.75) is 0 Å². The van der Waals surface area contributed by atoms with Crippen LogP contribution < -0.4 is 5.32 Å². The van der Waals surface area contributed by atoms with Gasteiger partial charge in [0.05, 0.1) is 5.56 Å². The van der Waals surface area contributed by atoms with E-state index >= 15 is 0 Å². The Morgan fingerprint density at radius 1 is 1.50 bits per heavy atom. The quantitative estimate of drug-likeness (QED) is 0.773. The fourth-order valence-electron chi connectivity index (χ4n) is 0.679. The predicted molar refractivity (Wildman–Crippen MR) is 48.2 cm³/mol. The molecule has 0 atom stereocenters. The molecule has 0 spiro atoms. The molecule has 0 aliphatic rings. The van der Waals surface area contributed by atoms with Gasteiger partial charge >= 0.3 is 0 Å². The van der Waals surface area contributed by atoms with Crippen molar-refractivity contribution in [3.05, 3.63) is 24.3 Å². The summed E-state index contributed by atoms with van der Waals surface area (Å²) < 4.78 is 0. The lowest BCUT2D eigenvalue weighted by Gasteiger charge is -2.00. The molecule has 0 radical (unpaired) electrons. The molecule has 1 heterocycles. The Labute approximate surface area is 78.5 Å². The summed E-state index contributed by atoms with van der Waals surface area (Å²) in [7, 11) is 0. The monoisotopic (exact) mass is 229 g/mol. The topological polar surface area (TPSA) is 54.9 Å². The number of carbonyl (C=O) groups is 1. The Balaban J connectivity index is 2.54. The molecule has 0 unspecified atom stereocenters. The third-order valence-corrected chi connectivity index (χ3v) is 1.60. The molecule has 0 fully saturated rings. The molecule has 0 aliphatic heterocycles. The van der Waals surface area contributed by atoms with Gasteiger partial charge in [-0.2, -0.15) is 0 Å². The SMILES string of the molecule is O=C(NCCBr)c1cncnc1. The molecule has 0 saturated carbocycles. The summed E-state index contributed by atoms with van der Waals surface area (Å²) in [6, 6.07) is 0. The largest absolute Gasteiger partial charge is 0.351 e. The number of amides is 1.